The van der Waals surface area contributed by atoms with Crippen molar-refractivity contribution in [3.8, 4) is 11.5 Å². The zero-order valence-corrected chi connectivity index (χ0v) is 13.3. The van der Waals surface area contributed by atoms with Gasteiger partial charge in [0.1, 0.15) is 10.7 Å². The molecule has 0 aromatic heterocycles. The summed E-state index contributed by atoms with van der Waals surface area (Å²) < 4.78 is 50.8. The Balaban J connectivity index is 3.26. The third-order valence-corrected chi connectivity index (χ3v) is 4.59. The molecule has 21 heavy (non-hydrogen) atoms. The lowest BCUT2D eigenvalue weighted by Crippen LogP contribution is -2.44. The normalized spacial score (nSPS) is 12.3. The molecule has 0 amide bonds. The number of halogens is 1. The molecule has 0 saturated heterocycles. The second-order valence-electron chi connectivity index (χ2n) is 5.10. The van der Waals surface area contributed by atoms with Crippen molar-refractivity contribution in [2.45, 2.75) is 30.7 Å². The number of methoxy groups -OCH3 is 2. The number of benzene rings is 1. The molecule has 0 aliphatic rings. The standard InChI is InChI=1S/C13H20FNO5S/c1-13(2,5-6-16)15-21(17,18)12-8-11(20-4)10(19-3)7-9(12)14/h7-8,15-16H,5-6H2,1-4H3. The van der Waals surface area contributed by atoms with Crippen molar-refractivity contribution in [3.05, 3.63) is 17.9 Å². The summed E-state index contributed by atoms with van der Waals surface area (Å²) in [4.78, 5) is -0.536. The summed E-state index contributed by atoms with van der Waals surface area (Å²) in [5.41, 5.74) is -0.910. The molecule has 0 spiro atoms. The Morgan fingerprint density at radius 3 is 2.24 bits per heavy atom. The van der Waals surface area contributed by atoms with Crippen molar-refractivity contribution in [1.82, 2.24) is 4.72 Å². The van der Waals surface area contributed by atoms with E-state index in [1.165, 1.54) is 14.2 Å². The third kappa shape index (κ3) is 4.29. The van der Waals surface area contributed by atoms with Crippen molar-refractivity contribution in [2.75, 3.05) is 20.8 Å². The van der Waals surface area contributed by atoms with Gasteiger partial charge in [0, 0.05) is 24.3 Å². The SMILES string of the molecule is COc1cc(F)c(S(=O)(=O)NC(C)(C)CCO)cc1OC. The molecular weight excluding hydrogens is 301 g/mol. The highest BCUT2D eigenvalue weighted by atomic mass is 32.2. The Bertz CT molecular complexity index is 601. The average Bonchev–Trinajstić information content (AvgIpc) is 2.36. The van der Waals surface area contributed by atoms with E-state index in [4.69, 9.17) is 14.6 Å². The van der Waals surface area contributed by atoms with Crippen molar-refractivity contribution in [3.63, 3.8) is 0 Å². The van der Waals surface area contributed by atoms with Gasteiger partial charge in [-0.1, -0.05) is 0 Å². The van der Waals surface area contributed by atoms with E-state index < -0.39 is 26.3 Å². The molecule has 0 fully saturated rings. The van der Waals surface area contributed by atoms with Gasteiger partial charge in [0.25, 0.3) is 0 Å². The highest BCUT2D eigenvalue weighted by Gasteiger charge is 2.29. The first-order valence-corrected chi connectivity index (χ1v) is 7.71. The quantitative estimate of drug-likeness (QED) is 0.790. The van der Waals surface area contributed by atoms with Crippen LogP contribution < -0.4 is 14.2 Å². The maximum Gasteiger partial charge on any atom is 0.244 e. The number of ether oxygens (including phenoxy) is 2. The smallest absolute Gasteiger partial charge is 0.244 e. The van der Waals surface area contributed by atoms with Crippen LogP contribution in [0.4, 0.5) is 4.39 Å². The summed E-state index contributed by atoms with van der Waals surface area (Å²) in [5, 5.41) is 8.93. The van der Waals surface area contributed by atoms with E-state index >= 15 is 0 Å². The lowest BCUT2D eigenvalue weighted by Gasteiger charge is -2.25. The van der Waals surface area contributed by atoms with E-state index in [1.54, 1.807) is 13.8 Å². The Labute approximate surface area is 123 Å². The molecule has 6 nitrogen and oxygen atoms in total. The fraction of sp³-hybridized carbons (Fsp3) is 0.538. The molecule has 8 heteroatoms. The fourth-order valence-electron chi connectivity index (χ4n) is 1.79. The van der Waals surface area contributed by atoms with Gasteiger partial charge in [0.2, 0.25) is 10.0 Å². The zero-order valence-electron chi connectivity index (χ0n) is 12.4. The largest absolute Gasteiger partial charge is 0.493 e. The number of sulfonamides is 1. The minimum atomic E-state index is -4.10. The summed E-state index contributed by atoms with van der Waals surface area (Å²) in [6, 6.07) is 2.01. The fourth-order valence-corrected chi connectivity index (χ4v) is 3.31. The number of rotatable bonds is 7. The maximum absolute atomic E-state index is 14.0. The van der Waals surface area contributed by atoms with Crippen LogP contribution in [-0.2, 0) is 10.0 Å². The predicted octanol–water partition coefficient (Wildman–Crippen LogP) is 1.28. The average molecular weight is 321 g/mol. The summed E-state index contributed by atoms with van der Waals surface area (Å²) in [6.07, 6.45) is 0.196. The van der Waals surface area contributed by atoms with Crippen LogP contribution >= 0.6 is 0 Å². The van der Waals surface area contributed by atoms with Crippen LogP contribution in [0.25, 0.3) is 0 Å². The molecule has 120 valence electrons. The van der Waals surface area contributed by atoms with E-state index in [0.717, 1.165) is 12.1 Å². The molecule has 1 rings (SSSR count). The Hall–Kier alpha value is -1.38. The second kappa shape index (κ2) is 6.59. The minimum absolute atomic E-state index is 0.101. The van der Waals surface area contributed by atoms with Crippen molar-refractivity contribution in [2.24, 2.45) is 0 Å². The molecule has 1 aromatic carbocycles. The Morgan fingerprint density at radius 1 is 1.24 bits per heavy atom. The van der Waals surface area contributed by atoms with Gasteiger partial charge in [0.15, 0.2) is 11.5 Å². The maximum atomic E-state index is 14.0. The van der Waals surface area contributed by atoms with Gasteiger partial charge in [-0.3, -0.25) is 0 Å². The molecule has 0 aliphatic heterocycles. The molecule has 0 heterocycles. The van der Waals surface area contributed by atoms with Crippen LogP contribution in [0.2, 0.25) is 0 Å². The topological polar surface area (TPSA) is 84.9 Å². The van der Waals surface area contributed by atoms with Gasteiger partial charge in [-0.15, -0.1) is 0 Å². The van der Waals surface area contributed by atoms with Gasteiger partial charge < -0.3 is 14.6 Å². The summed E-state index contributed by atoms with van der Waals surface area (Å²) in [7, 11) is -1.44. The highest BCUT2D eigenvalue weighted by molar-refractivity contribution is 7.89. The van der Waals surface area contributed by atoms with Gasteiger partial charge in [-0.05, 0) is 20.3 Å². The summed E-state index contributed by atoms with van der Waals surface area (Å²) in [5.74, 6) is -0.734. The van der Waals surface area contributed by atoms with Crippen molar-refractivity contribution < 1.29 is 27.4 Å². The molecule has 0 radical (unpaired) electrons. The van der Waals surface area contributed by atoms with E-state index in [0.29, 0.717) is 0 Å². The van der Waals surface area contributed by atoms with Crippen molar-refractivity contribution in [1.29, 1.82) is 0 Å². The minimum Gasteiger partial charge on any atom is -0.493 e. The van der Waals surface area contributed by atoms with Crippen molar-refractivity contribution >= 4 is 10.0 Å². The van der Waals surface area contributed by atoms with Crippen LogP contribution in [0, 0.1) is 5.82 Å². The van der Waals surface area contributed by atoms with Gasteiger partial charge in [-0.25, -0.2) is 17.5 Å². The van der Waals surface area contributed by atoms with Crippen LogP contribution in [0.15, 0.2) is 17.0 Å². The van der Waals surface area contributed by atoms with Gasteiger partial charge in [0.05, 0.1) is 14.2 Å². The van der Waals surface area contributed by atoms with E-state index in [1.807, 2.05) is 0 Å². The highest BCUT2D eigenvalue weighted by Crippen LogP contribution is 2.32. The lowest BCUT2D eigenvalue weighted by molar-refractivity contribution is 0.245. The van der Waals surface area contributed by atoms with Gasteiger partial charge in [-0.2, -0.15) is 0 Å². The Morgan fingerprint density at radius 2 is 1.76 bits per heavy atom. The van der Waals surface area contributed by atoms with Crippen LogP contribution in [0.1, 0.15) is 20.3 Å². The lowest BCUT2D eigenvalue weighted by atomic mass is 10.0. The predicted molar refractivity (Wildman–Crippen MR) is 75.6 cm³/mol. The molecule has 0 saturated carbocycles. The molecular formula is C13H20FNO5S. The number of nitrogens with one attached hydrogen (secondary N) is 1. The summed E-state index contributed by atoms with van der Waals surface area (Å²) >= 11 is 0. The second-order valence-corrected chi connectivity index (χ2v) is 6.75. The number of aliphatic hydroxyl groups is 1. The number of hydrogen-bond acceptors (Lipinski definition) is 5. The Kier molecular flexibility index (Phi) is 5.54. The molecule has 1 aromatic rings. The van der Waals surface area contributed by atoms with Crippen LogP contribution in [0.5, 0.6) is 11.5 Å². The molecule has 2 N–H and O–H groups in total. The molecule has 0 bridgehead atoms. The monoisotopic (exact) mass is 321 g/mol. The van der Waals surface area contributed by atoms with Crippen LogP contribution in [-0.4, -0.2) is 39.9 Å². The van der Waals surface area contributed by atoms with E-state index in [9.17, 15) is 12.8 Å². The first kappa shape index (κ1) is 17.7. The molecule has 0 atom stereocenters. The first-order valence-electron chi connectivity index (χ1n) is 6.23. The van der Waals surface area contributed by atoms with Crippen LogP contribution in [0.3, 0.4) is 0 Å². The van der Waals surface area contributed by atoms with Gasteiger partial charge >= 0.3 is 0 Å². The molecule has 0 aliphatic carbocycles. The van der Waals surface area contributed by atoms with E-state index in [2.05, 4.69) is 4.72 Å². The number of hydrogen-bond donors (Lipinski definition) is 2. The zero-order chi connectivity index (χ0) is 16.3. The third-order valence-electron chi connectivity index (χ3n) is 2.88. The number of aliphatic hydroxyl groups excluding tert-OH is 1. The summed E-state index contributed by atoms with van der Waals surface area (Å²) in [6.45, 7) is 3.00. The van der Waals surface area contributed by atoms with E-state index in [-0.39, 0.29) is 24.5 Å². The molecule has 0 unspecified atom stereocenters. The first-order chi connectivity index (χ1) is 9.66.